The number of alkyl halides is 1. The van der Waals surface area contributed by atoms with E-state index in [1.807, 2.05) is 13.8 Å². The first-order valence-corrected chi connectivity index (χ1v) is 6.20. The van der Waals surface area contributed by atoms with E-state index in [9.17, 15) is 4.79 Å². The van der Waals surface area contributed by atoms with Gasteiger partial charge in [0.05, 0.1) is 23.6 Å². The molecule has 0 unspecified atom stereocenters. The molecule has 0 aromatic heterocycles. The fraction of sp³-hybridized carbons (Fsp3) is 0.385. The van der Waals surface area contributed by atoms with Crippen molar-refractivity contribution in [2.75, 3.05) is 5.88 Å². The fourth-order valence-corrected chi connectivity index (χ4v) is 1.97. The van der Waals surface area contributed by atoms with Gasteiger partial charge in [-0.3, -0.25) is 4.79 Å². The average Bonchev–Trinajstić information content (AvgIpc) is 2.28. The summed E-state index contributed by atoms with van der Waals surface area (Å²) in [5, 5.41) is 0. The van der Waals surface area contributed by atoms with Gasteiger partial charge in [0.15, 0.2) is 5.78 Å². The smallest absolute Gasteiger partial charge is 0.170 e. The zero-order valence-corrected chi connectivity index (χ0v) is 11.1. The topological polar surface area (TPSA) is 64.7 Å². The lowest BCUT2D eigenvalue weighted by Crippen LogP contribution is -2.35. The highest BCUT2D eigenvalue weighted by molar-refractivity contribution is 6.28. The summed E-state index contributed by atoms with van der Waals surface area (Å²) in [4.78, 5) is 16.1. The molecule has 4 nitrogen and oxygen atoms in total. The Labute approximate surface area is 111 Å². The molecule has 18 heavy (non-hydrogen) atoms. The largest absolute Gasteiger partial charge is 0.487 e. The van der Waals surface area contributed by atoms with Crippen molar-refractivity contribution in [3.05, 3.63) is 23.8 Å². The lowest BCUT2D eigenvalue weighted by atomic mass is 9.93. The number of carbonyl (C=O) groups is 1. The van der Waals surface area contributed by atoms with Crippen LogP contribution in [0, 0.1) is 0 Å². The van der Waals surface area contributed by atoms with Gasteiger partial charge in [0.25, 0.3) is 0 Å². The summed E-state index contributed by atoms with van der Waals surface area (Å²) >= 11 is 5.56. The highest BCUT2D eigenvalue weighted by Gasteiger charge is 2.32. The van der Waals surface area contributed by atoms with Gasteiger partial charge in [-0.25, -0.2) is 4.99 Å². The van der Waals surface area contributed by atoms with Crippen LogP contribution in [-0.4, -0.2) is 23.1 Å². The third-order valence-electron chi connectivity index (χ3n) is 2.65. The summed E-state index contributed by atoms with van der Waals surface area (Å²) in [6, 6.07) is 5.19. The van der Waals surface area contributed by atoms with Crippen LogP contribution in [0.25, 0.3) is 0 Å². The van der Waals surface area contributed by atoms with Gasteiger partial charge in [-0.15, -0.1) is 11.6 Å². The molecule has 0 bridgehead atoms. The van der Waals surface area contributed by atoms with Crippen LogP contribution in [0.4, 0.5) is 5.69 Å². The maximum atomic E-state index is 12.0. The van der Waals surface area contributed by atoms with Crippen LogP contribution in [0.2, 0.25) is 0 Å². The fourth-order valence-electron chi connectivity index (χ4n) is 1.91. The number of amidine groups is 1. The summed E-state index contributed by atoms with van der Waals surface area (Å²) < 4.78 is 5.75. The number of benzene rings is 1. The van der Waals surface area contributed by atoms with Crippen molar-refractivity contribution in [2.24, 2.45) is 10.7 Å². The van der Waals surface area contributed by atoms with E-state index in [-0.39, 0.29) is 11.7 Å². The molecule has 0 aliphatic carbocycles. The number of nitrogens with zero attached hydrogens (tertiary/aromatic N) is 1. The molecule has 1 heterocycles. The van der Waals surface area contributed by atoms with Crippen LogP contribution in [0.15, 0.2) is 23.2 Å². The van der Waals surface area contributed by atoms with Gasteiger partial charge in [-0.1, -0.05) is 0 Å². The highest BCUT2D eigenvalue weighted by Crippen LogP contribution is 2.35. The standard InChI is InChI=1S/C13H15ClN2O2/c1-13(2)6-10(17)9-5-8(16-12(15)7-14)3-4-11(9)18-13/h3-5H,6-7H2,1-2H3,(H2,15,16). The number of hydrogen-bond acceptors (Lipinski definition) is 3. The summed E-state index contributed by atoms with van der Waals surface area (Å²) in [6.45, 7) is 3.79. The van der Waals surface area contributed by atoms with Crippen molar-refractivity contribution >= 4 is 28.9 Å². The van der Waals surface area contributed by atoms with Crippen molar-refractivity contribution in [1.29, 1.82) is 0 Å². The molecule has 2 rings (SSSR count). The summed E-state index contributed by atoms with van der Waals surface area (Å²) in [5.41, 5.74) is 6.27. The van der Waals surface area contributed by atoms with E-state index >= 15 is 0 Å². The Morgan fingerprint density at radius 3 is 2.94 bits per heavy atom. The third kappa shape index (κ3) is 2.64. The van der Waals surface area contributed by atoms with Gasteiger partial charge in [0.1, 0.15) is 17.2 Å². The molecule has 1 aromatic carbocycles. The summed E-state index contributed by atoms with van der Waals surface area (Å²) in [5.74, 6) is 1.14. The number of halogens is 1. The average molecular weight is 267 g/mol. The van der Waals surface area contributed by atoms with Crippen LogP contribution in [-0.2, 0) is 0 Å². The Morgan fingerprint density at radius 1 is 1.56 bits per heavy atom. The van der Waals surface area contributed by atoms with Crippen LogP contribution in [0.3, 0.4) is 0 Å². The molecule has 0 atom stereocenters. The molecule has 0 spiro atoms. The molecule has 1 aliphatic rings. The number of fused-ring (bicyclic) bond motifs is 1. The van der Waals surface area contributed by atoms with Crippen molar-refractivity contribution < 1.29 is 9.53 Å². The van der Waals surface area contributed by atoms with Crippen LogP contribution >= 0.6 is 11.6 Å². The van der Waals surface area contributed by atoms with Crippen molar-refractivity contribution in [2.45, 2.75) is 25.9 Å². The Kier molecular flexibility index (Phi) is 3.30. The first kappa shape index (κ1) is 12.9. The predicted octanol–water partition coefficient (Wildman–Crippen LogP) is 2.66. The molecule has 0 fully saturated rings. The predicted molar refractivity (Wildman–Crippen MR) is 72.1 cm³/mol. The lowest BCUT2D eigenvalue weighted by molar-refractivity contribution is 0.0620. The maximum Gasteiger partial charge on any atom is 0.170 e. The van der Waals surface area contributed by atoms with E-state index in [0.717, 1.165) is 0 Å². The summed E-state index contributed by atoms with van der Waals surface area (Å²) in [7, 11) is 0. The molecule has 2 N–H and O–H groups in total. The lowest BCUT2D eigenvalue weighted by Gasteiger charge is -2.31. The number of carbonyl (C=O) groups excluding carboxylic acids is 1. The Balaban J connectivity index is 2.39. The second kappa shape index (κ2) is 4.61. The van der Waals surface area contributed by atoms with Crippen LogP contribution < -0.4 is 10.5 Å². The zero-order chi connectivity index (χ0) is 13.3. The molecule has 1 aliphatic heterocycles. The number of nitrogens with two attached hydrogens (primary N) is 1. The van der Waals surface area contributed by atoms with E-state index in [1.54, 1.807) is 18.2 Å². The van der Waals surface area contributed by atoms with Gasteiger partial charge in [0, 0.05) is 0 Å². The minimum Gasteiger partial charge on any atom is -0.487 e. The van der Waals surface area contributed by atoms with Crippen LogP contribution in [0.5, 0.6) is 5.75 Å². The molecule has 0 saturated carbocycles. The van der Waals surface area contributed by atoms with Crippen LogP contribution in [0.1, 0.15) is 30.6 Å². The Bertz CT molecular complexity index is 524. The quantitative estimate of drug-likeness (QED) is 0.508. The summed E-state index contributed by atoms with van der Waals surface area (Å²) in [6.07, 6.45) is 0.359. The monoisotopic (exact) mass is 266 g/mol. The molecular formula is C13H15ClN2O2. The number of ketones is 1. The number of hydrogen-bond donors (Lipinski definition) is 1. The van der Waals surface area contributed by atoms with Gasteiger partial charge >= 0.3 is 0 Å². The maximum absolute atomic E-state index is 12.0. The van der Waals surface area contributed by atoms with Gasteiger partial charge < -0.3 is 10.5 Å². The van der Waals surface area contributed by atoms with Crippen molar-refractivity contribution in [3.63, 3.8) is 0 Å². The second-order valence-corrected chi connectivity index (χ2v) is 5.15. The van der Waals surface area contributed by atoms with E-state index in [4.69, 9.17) is 22.1 Å². The highest BCUT2D eigenvalue weighted by atomic mass is 35.5. The van der Waals surface area contributed by atoms with E-state index in [0.29, 0.717) is 29.3 Å². The number of ether oxygens (including phenoxy) is 1. The first-order chi connectivity index (χ1) is 8.41. The molecule has 1 aromatic rings. The number of Topliss-reactive ketones (excluding diaryl/α,β-unsaturated/α-hetero) is 1. The Hall–Kier alpha value is -1.55. The molecule has 0 saturated heterocycles. The zero-order valence-electron chi connectivity index (χ0n) is 10.4. The normalized spacial score (nSPS) is 18.2. The SMILES string of the molecule is CC1(C)CC(=O)c2cc(N=C(N)CCl)ccc2O1. The molecule has 0 amide bonds. The van der Waals surface area contributed by atoms with E-state index < -0.39 is 5.60 Å². The second-order valence-electron chi connectivity index (χ2n) is 4.88. The van der Waals surface area contributed by atoms with Gasteiger partial charge in [0.2, 0.25) is 0 Å². The van der Waals surface area contributed by atoms with Gasteiger partial charge in [-0.05, 0) is 32.0 Å². The Morgan fingerprint density at radius 2 is 2.28 bits per heavy atom. The van der Waals surface area contributed by atoms with Crippen molar-refractivity contribution in [1.82, 2.24) is 0 Å². The van der Waals surface area contributed by atoms with Crippen molar-refractivity contribution in [3.8, 4) is 5.75 Å². The first-order valence-electron chi connectivity index (χ1n) is 5.66. The minimum atomic E-state index is -0.454. The third-order valence-corrected chi connectivity index (χ3v) is 2.92. The number of aliphatic imine (C=N–C) groups is 1. The van der Waals surface area contributed by atoms with E-state index in [2.05, 4.69) is 4.99 Å². The van der Waals surface area contributed by atoms with Gasteiger partial charge in [-0.2, -0.15) is 0 Å². The molecular weight excluding hydrogens is 252 g/mol. The van der Waals surface area contributed by atoms with E-state index in [1.165, 1.54) is 0 Å². The minimum absolute atomic E-state index is 0.0581. The molecule has 5 heteroatoms. The molecule has 0 radical (unpaired) electrons. The molecule has 96 valence electrons. The number of rotatable bonds is 2.